The van der Waals surface area contributed by atoms with Gasteiger partial charge in [-0.3, -0.25) is 10.1 Å². The Morgan fingerprint density at radius 3 is 2.71 bits per heavy atom. The zero-order valence-corrected chi connectivity index (χ0v) is 11.2. The third-order valence-electron chi connectivity index (χ3n) is 3.72. The van der Waals surface area contributed by atoms with Crippen LogP contribution < -0.4 is 4.90 Å². The van der Waals surface area contributed by atoms with Crippen molar-refractivity contribution in [2.75, 3.05) is 11.4 Å². The highest BCUT2D eigenvalue weighted by molar-refractivity contribution is 5.80. The molecule has 1 aliphatic rings. The number of aliphatic carboxylic acids is 1. The van der Waals surface area contributed by atoms with E-state index in [0.29, 0.717) is 13.0 Å². The molecule has 8 heteroatoms. The third kappa shape index (κ3) is 2.79. The van der Waals surface area contributed by atoms with Crippen molar-refractivity contribution < 1.29 is 23.6 Å². The molecule has 0 aliphatic carbocycles. The van der Waals surface area contributed by atoms with Gasteiger partial charge in [0.15, 0.2) is 0 Å². The first kappa shape index (κ1) is 15.1. The normalized spacial score (nSPS) is 21.8. The van der Waals surface area contributed by atoms with Crippen LogP contribution in [0.4, 0.5) is 20.2 Å². The maximum absolute atomic E-state index is 13.2. The SMILES string of the molecule is CC1CCN(c2ccc([N+](=O)[O-])cc2C(F)F)C1C(=O)O. The van der Waals surface area contributed by atoms with Gasteiger partial charge in [0.1, 0.15) is 6.04 Å². The van der Waals surface area contributed by atoms with E-state index in [-0.39, 0.29) is 11.6 Å². The summed E-state index contributed by atoms with van der Waals surface area (Å²) < 4.78 is 26.3. The monoisotopic (exact) mass is 300 g/mol. The molecule has 2 atom stereocenters. The fraction of sp³-hybridized carbons (Fsp3) is 0.462. The fourth-order valence-electron chi connectivity index (χ4n) is 2.69. The van der Waals surface area contributed by atoms with Gasteiger partial charge >= 0.3 is 5.97 Å². The Bertz CT molecular complexity index is 579. The Morgan fingerprint density at radius 2 is 2.19 bits per heavy atom. The van der Waals surface area contributed by atoms with Crippen LogP contribution in [0.5, 0.6) is 0 Å². The second-order valence-corrected chi connectivity index (χ2v) is 5.04. The van der Waals surface area contributed by atoms with Gasteiger partial charge in [0.2, 0.25) is 0 Å². The number of hydrogen-bond acceptors (Lipinski definition) is 4. The van der Waals surface area contributed by atoms with E-state index in [4.69, 9.17) is 0 Å². The molecule has 114 valence electrons. The van der Waals surface area contributed by atoms with E-state index in [1.807, 2.05) is 0 Å². The van der Waals surface area contributed by atoms with Crippen LogP contribution in [0.25, 0.3) is 0 Å². The molecule has 0 bridgehead atoms. The van der Waals surface area contributed by atoms with Gasteiger partial charge in [0, 0.05) is 29.9 Å². The standard InChI is InChI=1S/C13H14F2N2O4/c1-7-4-5-16(11(7)13(18)19)10-3-2-8(17(20)21)6-9(10)12(14)15/h2-3,6-7,11-12H,4-5H2,1H3,(H,18,19). The lowest BCUT2D eigenvalue weighted by Gasteiger charge is -2.27. The number of carbonyl (C=O) groups is 1. The van der Waals surface area contributed by atoms with Crippen LogP contribution in [0.2, 0.25) is 0 Å². The number of benzene rings is 1. The quantitative estimate of drug-likeness (QED) is 0.682. The summed E-state index contributed by atoms with van der Waals surface area (Å²) in [6.45, 7) is 2.07. The Hall–Kier alpha value is -2.25. The first-order chi connectivity index (χ1) is 9.82. The number of nitro benzene ring substituents is 1. The minimum atomic E-state index is -2.91. The maximum Gasteiger partial charge on any atom is 0.326 e. The highest BCUT2D eigenvalue weighted by Crippen LogP contribution is 2.38. The van der Waals surface area contributed by atoms with Crippen LogP contribution in [0.15, 0.2) is 18.2 Å². The highest BCUT2D eigenvalue weighted by atomic mass is 19.3. The molecule has 0 aromatic heterocycles. The summed E-state index contributed by atoms with van der Waals surface area (Å²) in [4.78, 5) is 22.6. The molecule has 0 radical (unpaired) electrons. The molecule has 6 nitrogen and oxygen atoms in total. The summed E-state index contributed by atoms with van der Waals surface area (Å²) in [6, 6.07) is 2.22. The largest absolute Gasteiger partial charge is 0.480 e. The summed E-state index contributed by atoms with van der Waals surface area (Å²) in [7, 11) is 0. The predicted molar refractivity (Wildman–Crippen MR) is 70.6 cm³/mol. The van der Waals surface area contributed by atoms with E-state index in [1.165, 1.54) is 11.0 Å². The molecule has 1 N–H and O–H groups in total. The molecule has 21 heavy (non-hydrogen) atoms. The Balaban J connectivity index is 2.48. The van der Waals surface area contributed by atoms with Gasteiger partial charge in [-0.15, -0.1) is 0 Å². The van der Waals surface area contributed by atoms with Crippen LogP contribution in [0, 0.1) is 16.0 Å². The number of carboxylic acids is 1. The lowest BCUT2D eigenvalue weighted by molar-refractivity contribution is -0.385. The molecule has 2 unspecified atom stereocenters. The molecular formula is C13H14F2N2O4. The third-order valence-corrected chi connectivity index (χ3v) is 3.72. The van der Waals surface area contributed by atoms with Gasteiger partial charge in [-0.2, -0.15) is 0 Å². The van der Waals surface area contributed by atoms with Gasteiger partial charge < -0.3 is 10.0 Å². The number of anilines is 1. The zero-order valence-electron chi connectivity index (χ0n) is 11.2. The molecule has 1 saturated heterocycles. The van der Waals surface area contributed by atoms with Crippen molar-refractivity contribution in [1.29, 1.82) is 0 Å². The average Bonchev–Trinajstić information content (AvgIpc) is 2.79. The van der Waals surface area contributed by atoms with Gasteiger partial charge in [0.05, 0.1) is 4.92 Å². The van der Waals surface area contributed by atoms with Crippen molar-refractivity contribution in [2.45, 2.75) is 25.8 Å². The number of carboxylic acid groups (broad SMARTS) is 1. The number of alkyl halides is 2. The average molecular weight is 300 g/mol. The van der Waals surface area contributed by atoms with Crippen LogP contribution in [-0.4, -0.2) is 28.6 Å². The van der Waals surface area contributed by atoms with E-state index in [1.54, 1.807) is 6.92 Å². The molecule has 1 aliphatic heterocycles. The number of non-ortho nitro benzene ring substituents is 1. The summed E-state index contributed by atoms with van der Waals surface area (Å²) >= 11 is 0. The van der Waals surface area contributed by atoms with Crippen LogP contribution >= 0.6 is 0 Å². The number of halogens is 2. The van der Waals surface area contributed by atoms with E-state index < -0.39 is 34.6 Å². The first-order valence-corrected chi connectivity index (χ1v) is 6.39. The van der Waals surface area contributed by atoms with E-state index in [0.717, 1.165) is 12.1 Å². The fourth-order valence-corrected chi connectivity index (χ4v) is 2.69. The molecule has 0 spiro atoms. The molecule has 1 aromatic carbocycles. The molecule has 1 aromatic rings. The van der Waals surface area contributed by atoms with Crippen molar-refractivity contribution in [3.05, 3.63) is 33.9 Å². The number of nitro groups is 1. The second kappa shape index (κ2) is 5.63. The van der Waals surface area contributed by atoms with Gasteiger partial charge in [0.25, 0.3) is 12.1 Å². The topological polar surface area (TPSA) is 83.7 Å². The minimum absolute atomic E-state index is 0.0485. The van der Waals surface area contributed by atoms with E-state index in [2.05, 4.69) is 0 Å². The first-order valence-electron chi connectivity index (χ1n) is 6.39. The summed E-state index contributed by atoms with van der Waals surface area (Å²) in [5.74, 6) is -1.26. The molecule has 1 fully saturated rings. The smallest absolute Gasteiger partial charge is 0.326 e. The highest BCUT2D eigenvalue weighted by Gasteiger charge is 2.38. The number of hydrogen-bond donors (Lipinski definition) is 1. The maximum atomic E-state index is 13.2. The van der Waals surface area contributed by atoms with Gasteiger partial charge in [-0.05, 0) is 18.4 Å². The van der Waals surface area contributed by atoms with Crippen molar-refractivity contribution in [1.82, 2.24) is 0 Å². The molecule has 1 heterocycles. The lowest BCUT2D eigenvalue weighted by atomic mass is 10.0. The Morgan fingerprint density at radius 1 is 1.52 bits per heavy atom. The zero-order chi connectivity index (χ0) is 15.7. The minimum Gasteiger partial charge on any atom is -0.480 e. The van der Waals surface area contributed by atoms with Gasteiger partial charge in [-0.25, -0.2) is 13.6 Å². The van der Waals surface area contributed by atoms with E-state index in [9.17, 15) is 28.8 Å². The van der Waals surface area contributed by atoms with Crippen molar-refractivity contribution in [3.8, 4) is 0 Å². The summed E-state index contributed by atoms with van der Waals surface area (Å²) in [5.41, 5.74) is -0.898. The number of rotatable bonds is 4. The van der Waals surface area contributed by atoms with Crippen LogP contribution in [0.1, 0.15) is 25.3 Å². The molecule has 0 amide bonds. The van der Waals surface area contributed by atoms with Crippen molar-refractivity contribution in [2.24, 2.45) is 5.92 Å². The summed E-state index contributed by atoms with van der Waals surface area (Å²) in [6.07, 6.45) is -2.35. The molecule has 0 saturated carbocycles. The van der Waals surface area contributed by atoms with Crippen molar-refractivity contribution >= 4 is 17.3 Å². The Labute approximate surface area is 119 Å². The predicted octanol–water partition coefficient (Wildman–Crippen LogP) is 2.83. The second-order valence-electron chi connectivity index (χ2n) is 5.04. The molecular weight excluding hydrogens is 286 g/mol. The Kier molecular flexibility index (Phi) is 4.06. The molecule has 2 rings (SSSR count). The van der Waals surface area contributed by atoms with Crippen LogP contribution in [0.3, 0.4) is 0 Å². The van der Waals surface area contributed by atoms with Crippen LogP contribution in [-0.2, 0) is 4.79 Å². The number of nitrogens with zero attached hydrogens (tertiary/aromatic N) is 2. The lowest BCUT2D eigenvalue weighted by Crippen LogP contribution is -2.39. The van der Waals surface area contributed by atoms with E-state index >= 15 is 0 Å². The summed E-state index contributed by atoms with van der Waals surface area (Å²) in [5, 5.41) is 19.9. The van der Waals surface area contributed by atoms with Gasteiger partial charge in [-0.1, -0.05) is 6.92 Å². The van der Waals surface area contributed by atoms with Crippen molar-refractivity contribution in [3.63, 3.8) is 0 Å².